The van der Waals surface area contributed by atoms with Crippen molar-refractivity contribution >= 4 is 0 Å². The second-order valence-corrected chi connectivity index (χ2v) is 4.89. The fraction of sp³-hybridized carbons (Fsp3) is 0.250. The van der Waals surface area contributed by atoms with E-state index in [1.165, 1.54) is 0 Å². The first-order valence-electron chi connectivity index (χ1n) is 6.38. The van der Waals surface area contributed by atoms with Crippen LogP contribution in [0.1, 0.15) is 28.3 Å². The predicted molar refractivity (Wildman–Crippen MR) is 76.1 cm³/mol. The molecule has 2 nitrogen and oxygen atoms in total. The summed E-state index contributed by atoms with van der Waals surface area (Å²) in [7, 11) is 0. The van der Waals surface area contributed by atoms with Crippen LogP contribution in [-0.4, -0.2) is 0 Å². The van der Waals surface area contributed by atoms with Gasteiger partial charge in [-0.05, 0) is 43.0 Å². The summed E-state index contributed by atoms with van der Waals surface area (Å²) < 4.78 is 14.2. The number of rotatable bonds is 4. The van der Waals surface area contributed by atoms with E-state index in [2.05, 4.69) is 5.43 Å². The number of nitrogens with one attached hydrogen (secondary N) is 1. The summed E-state index contributed by atoms with van der Waals surface area (Å²) >= 11 is 0. The lowest BCUT2D eigenvalue weighted by Gasteiger charge is -2.20. The normalized spacial score (nSPS) is 12.4. The van der Waals surface area contributed by atoms with Crippen molar-refractivity contribution < 1.29 is 4.39 Å². The van der Waals surface area contributed by atoms with Crippen LogP contribution in [0.2, 0.25) is 0 Å². The highest BCUT2D eigenvalue weighted by molar-refractivity contribution is 5.35. The summed E-state index contributed by atoms with van der Waals surface area (Å²) in [6, 6.07) is 13.3. The highest BCUT2D eigenvalue weighted by atomic mass is 19.1. The Labute approximate surface area is 113 Å². The first-order chi connectivity index (χ1) is 9.11. The van der Waals surface area contributed by atoms with Gasteiger partial charge < -0.3 is 0 Å². The molecule has 0 amide bonds. The molecule has 0 bridgehead atoms. The molecule has 2 aromatic carbocycles. The van der Waals surface area contributed by atoms with Crippen LogP contribution in [0.25, 0.3) is 0 Å². The van der Waals surface area contributed by atoms with Crippen LogP contribution in [-0.2, 0) is 6.42 Å². The molecule has 0 aliphatic heterocycles. The minimum Gasteiger partial charge on any atom is -0.271 e. The van der Waals surface area contributed by atoms with Gasteiger partial charge in [-0.2, -0.15) is 0 Å². The first kappa shape index (κ1) is 13.7. The van der Waals surface area contributed by atoms with E-state index in [-0.39, 0.29) is 11.9 Å². The molecule has 0 aliphatic carbocycles. The molecule has 0 saturated carbocycles. The molecule has 2 aromatic rings. The van der Waals surface area contributed by atoms with Gasteiger partial charge in [0.05, 0.1) is 6.04 Å². The molecule has 0 aromatic heterocycles. The molecule has 0 spiro atoms. The van der Waals surface area contributed by atoms with Crippen LogP contribution in [0.3, 0.4) is 0 Å². The van der Waals surface area contributed by atoms with Crippen molar-refractivity contribution in [1.29, 1.82) is 0 Å². The zero-order valence-electron chi connectivity index (χ0n) is 11.3. The summed E-state index contributed by atoms with van der Waals surface area (Å²) in [6.07, 6.45) is 0.665. The lowest BCUT2D eigenvalue weighted by atomic mass is 9.94. The van der Waals surface area contributed by atoms with E-state index in [0.29, 0.717) is 12.0 Å². The van der Waals surface area contributed by atoms with Crippen molar-refractivity contribution in [3.63, 3.8) is 0 Å². The Morgan fingerprint density at radius 2 is 1.84 bits per heavy atom. The average molecular weight is 258 g/mol. The summed E-state index contributed by atoms with van der Waals surface area (Å²) in [4.78, 5) is 0. The van der Waals surface area contributed by atoms with Gasteiger partial charge in [0.25, 0.3) is 0 Å². The zero-order chi connectivity index (χ0) is 13.8. The topological polar surface area (TPSA) is 38.0 Å². The molecule has 0 aliphatic rings. The maximum Gasteiger partial charge on any atom is 0.128 e. The summed E-state index contributed by atoms with van der Waals surface area (Å²) in [5, 5.41) is 0. The van der Waals surface area contributed by atoms with Crippen LogP contribution in [0.5, 0.6) is 0 Å². The Bertz CT molecular complexity index is 529. The van der Waals surface area contributed by atoms with E-state index in [1.54, 1.807) is 6.07 Å². The Morgan fingerprint density at radius 3 is 2.42 bits per heavy atom. The summed E-state index contributed by atoms with van der Waals surface area (Å²) in [6.45, 7) is 3.81. The smallest absolute Gasteiger partial charge is 0.128 e. The zero-order valence-corrected chi connectivity index (χ0v) is 11.3. The number of nitrogens with two attached hydrogens (primary N) is 1. The monoisotopic (exact) mass is 258 g/mol. The van der Waals surface area contributed by atoms with E-state index in [9.17, 15) is 4.39 Å². The number of hydrogen-bond donors (Lipinski definition) is 2. The molecular weight excluding hydrogens is 239 g/mol. The average Bonchev–Trinajstić information content (AvgIpc) is 2.37. The number of benzene rings is 2. The fourth-order valence-corrected chi connectivity index (χ4v) is 2.46. The molecule has 0 saturated heterocycles. The number of aryl methyl sites for hydroxylation is 2. The number of hydrazine groups is 1. The van der Waals surface area contributed by atoms with Crippen LogP contribution in [0.4, 0.5) is 4.39 Å². The van der Waals surface area contributed by atoms with Crippen molar-refractivity contribution in [1.82, 2.24) is 5.43 Å². The first-order valence-corrected chi connectivity index (χ1v) is 6.38. The molecule has 3 heteroatoms. The third-order valence-corrected chi connectivity index (χ3v) is 3.31. The van der Waals surface area contributed by atoms with Crippen LogP contribution in [0, 0.1) is 19.7 Å². The molecule has 3 N–H and O–H groups in total. The number of hydrogen-bond acceptors (Lipinski definition) is 2. The summed E-state index contributed by atoms with van der Waals surface area (Å²) in [5.41, 5.74) is 6.36. The third-order valence-electron chi connectivity index (χ3n) is 3.31. The van der Waals surface area contributed by atoms with Gasteiger partial charge in [-0.3, -0.25) is 11.3 Å². The Kier molecular flexibility index (Phi) is 4.30. The van der Waals surface area contributed by atoms with Crippen molar-refractivity contribution in [2.24, 2.45) is 5.84 Å². The maximum atomic E-state index is 14.2. The van der Waals surface area contributed by atoms with Gasteiger partial charge in [0, 0.05) is 5.56 Å². The lowest BCUT2D eigenvalue weighted by Crippen LogP contribution is -2.31. The standard InChI is InChI=1S/C16H19FN2/c1-11-8-12(2)16(14(17)9-11)15(19-18)10-13-6-4-3-5-7-13/h3-9,15,19H,10,18H2,1-2H3. The summed E-state index contributed by atoms with van der Waals surface area (Å²) in [5.74, 6) is 5.41. The van der Waals surface area contributed by atoms with Crippen molar-refractivity contribution in [2.45, 2.75) is 26.3 Å². The van der Waals surface area contributed by atoms with Crippen LogP contribution >= 0.6 is 0 Å². The Morgan fingerprint density at radius 1 is 1.16 bits per heavy atom. The fourth-order valence-electron chi connectivity index (χ4n) is 2.46. The molecule has 1 atom stereocenters. The molecule has 100 valence electrons. The van der Waals surface area contributed by atoms with E-state index in [1.807, 2.05) is 50.2 Å². The van der Waals surface area contributed by atoms with Crippen molar-refractivity contribution in [3.05, 3.63) is 70.5 Å². The van der Waals surface area contributed by atoms with Gasteiger partial charge in [0.2, 0.25) is 0 Å². The van der Waals surface area contributed by atoms with E-state index in [4.69, 9.17) is 5.84 Å². The van der Waals surface area contributed by atoms with Gasteiger partial charge in [0.1, 0.15) is 5.82 Å². The van der Waals surface area contributed by atoms with Gasteiger partial charge in [-0.1, -0.05) is 36.4 Å². The quantitative estimate of drug-likeness (QED) is 0.653. The van der Waals surface area contributed by atoms with E-state index >= 15 is 0 Å². The highest BCUT2D eigenvalue weighted by Gasteiger charge is 2.17. The van der Waals surface area contributed by atoms with Crippen LogP contribution < -0.4 is 11.3 Å². The number of halogens is 1. The molecular formula is C16H19FN2. The van der Waals surface area contributed by atoms with Crippen molar-refractivity contribution in [3.8, 4) is 0 Å². The second-order valence-electron chi connectivity index (χ2n) is 4.89. The van der Waals surface area contributed by atoms with E-state index in [0.717, 1.165) is 16.7 Å². The van der Waals surface area contributed by atoms with Crippen LogP contribution in [0.15, 0.2) is 42.5 Å². The second kappa shape index (κ2) is 5.95. The SMILES string of the molecule is Cc1cc(C)c(C(Cc2ccccc2)NN)c(F)c1. The lowest BCUT2D eigenvalue weighted by molar-refractivity contribution is 0.507. The van der Waals surface area contributed by atoms with Gasteiger partial charge in [-0.15, -0.1) is 0 Å². The molecule has 0 heterocycles. The highest BCUT2D eigenvalue weighted by Crippen LogP contribution is 2.25. The Hall–Kier alpha value is -1.71. The molecule has 19 heavy (non-hydrogen) atoms. The molecule has 0 radical (unpaired) electrons. The van der Waals surface area contributed by atoms with Gasteiger partial charge in [0.15, 0.2) is 0 Å². The minimum absolute atomic E-state index is 0.198. The molecule has 1 unspecified atom stereocenters. The van der Waals surface area contributed by atoms with Crippen molar-refractivity contribution in [2.75, 3.05) is 0 Å². The Balaban J connectivity index is 2.32. The van der Waals surface area contributed by atoms with Gasteiger partial charge in [-0.25, -0.2) is 4.39 Å². The van der Waals surface area contributed by atoms with E-state index < -0.39 is 0 Å². The predicted octanol–water partition coefficient (Wildman–Crippen LogP) is 3.19. The minimum atomic E-state index is -0.219. The largest absolute Gasteiger partial charge is 0.271 e. The third kappa shape index (κ3) is 3.19. The van der Waals surface area contributed by atoms with Gasteiger partial charge >= 0.3 is 0 Å². The molecule has 0 fully saturated rings. The maximum absolute atomic E-state index is 14.2. The molecule has 2 rings (SSSR count).